The summed E-state index contributed by atoms with van der Waals surface area (Å²) in [6, 6.07) is 3.10. The molecular weight excluding hydrogens is 176 g/mol. The lowest BCUT2D eigenvalue weighted by molar-refractivity contribution is 1.25. The molecule has 0 radical (unpaired) electrons. The van der Waals surface area contributed by atoms with Crippen LogP contribution in [0.25, 0.3) is 10.9 Å². The van der Waals surface area contributed by atoms with Gasteiger partial charge in [-0.15, -0.1) is 0 Å². The molecule has 2 aromatic heterocycles. The molecule has 0 spiro atoms. The first-order valence-electron chi connectivity index (χ1n) is 3.40. The average molecular weight is 181 g/mol. The zero-order chi connectivity index (χ0) is 8.55. The van der Waals surface area contributed by atoms with Crippen LogP contribution >= 0.6 is 11.6 Å². The Morgan fingerprint density at radius 3 is 3.17 bits per heavy atom. The molecule has 3 nitrogen and oxygen atoms in total. The maximum Gasteiger partial charge on any atom is 0.250 e. The van der Waals surface area contributed by atoms with Crippen molar-refractivity contribution in [3.05, 3.63) is 39.9 Å². The lowest BCUT2D eigenvalue weighted by Crippen LogP contribution is -2.02. The van der Waals surface area contributed by atoms with E-state index in [2.05, 4.69) is 9.97 Å². The van der Waals surface area contributed by atoms with Crippen LogP contribution in [-0.4, -0.2) is 9.97 Å². The molecule has 4 heteroatoms. The minimum Gasteiger partial charge on any atom is -0.328 e. The fourth-order valence-electron chi connectivity index (χ4n) is 1.03. The summed E-state index contributed by atoms with van der Waals surface area (Å²) in [5.41, 5.74) is 0.448. The summed E-state index contributed by atoms with van der Waals surface area (Å²) in [6.07, 6.45) is 3.14. The summed E-state index contributed by atoms with van der Waals surface area (Å²) in [4.78, 5) is 17.4. The van der Waals surface area contributed by atoms with E-state index in [0.29, 0.717) is 10.5 Å². The molecule has 0 aromatic carbocycles. The number of hydrogen-bond donors (Lipinski definition) is 1. The standard InChI is InChI=1S/C8H5ClN2O/c9-6-1-2-10-7-3-8(12)11-4-5(6)7/h1-4H,(H,11,12). The highest BCUT2D eigenvalue weighted by Gasteiger charge is 1.98. The normalized spacial score (nSPS) is 10.4. The van der Waals surface area contributed by atoms with Crippen LogP contribution in [-0.2, 0) is 0 Å². The minimum absolute atomic E-state index is 0.169. The van der Waals surface area contributed by atoms with Crippen molar-refractivity contribution in [1.82, 2.24) is 9.97 Å². The van der Waals surface area contributed by atoms with Gasteiger partial charge in [0.1, 0.15) is 0 Å². The molecule has 0 fully saturated rings. The number of pyridine rings is 2. The van der Waals surface area contributed by atoms with Crippen LogP contribution in [0, 0.1) is 0 Å². The number of H-pyrrole nitrogens is 1. The zero-order valence-corrected chi connectivity index (χ0v) is 6.80. The SMILES string of the molecule is O=c1cc2nccc(Cl)c2c[nH]1. The van der Waals surface area contributed by atoms with Gasteiger partial charge in [-0.1, -0.05) is 11.6 Å². The van der Waals surface area contributed by atoms with E-state index in [-0.39, 0.29) is 5.56 Å². The first-order chi connectivity index (χ1) is 5.77. The average Bonchev–Trinajstić information content (AvgIpc) is 2.04. The third-order valence-electron chi connectivity index (χ3n) is 1.59. The number of nitrogens with one attached hydrogen (secondary N) is 1. The first kappa shape index (κ1) is 7.31. The van der Waals surface area contributed by atoms with Gasteiger partial charge in [0.15, 0.2) is 0 Å². The molecule has 0 aliphatic heterocycles. The van der Waals surface area contributed by atoms with Crippen LogP contribution in [0.5, 0.6) is 0 Å². The lowest BCUT2D eigenvalue weighted by Gasteiger charge is -1.96. The van der Waals surface area contributed by atoms with Gasteiger partial charge in [-0.2, -0.15) is 0 Å². The molecule has 0 atom stereocenters. The fourth-order valence-corrected chi connectivity index (χ4v) is 1.24. The Morgan fingerprint density at radius 2 is 2.33 bits per heavy atom. The molecule has 0 amide bonds. The van der Waals surface area contributed by atoms with Crippen molar-refractivity contribution in [2.24, 2.45) is 0 Å². The molecule has 0 bridgehead atoms. The maximum absolute atomic E-state index is 10.9. The quantitative estimate of drug-likeness (QED) is 0.669. The van der Waals surface area contributed by atoms with Gasteiger partial charge in [-0.05, 0) is 6.07 Å². The van der Waals surface area contributed by atoms with Gasteiger partial charge in [0.2, 0.25) is 5.56 Å². The molecule has 0 saturated carbocycles. The van der Waals surface area contributed by atoms with Crippen LogP contribution < -0.4 is 5.56 Å². The van der Waals surface area contributed by atoms with Crippen molar-refractivity contribution in [1.29, 1.82) is 0 Å². The lowest BCUT2D eigenvalue weighted by atomic mass is 10.3. The van der Waals surface area contributed by atoms with E-state index >= 15 is 0 Å². The van der Waals surface area contributed by atoms with Crippen molar-refractivity contribution < 1.29 is 0 Å². The third-order valence-corrected chi connectivity index (χ3v) is 1.92. The third kappa shape index (κ3) is 1.08. The second kappa shape index (κ2) is 2.60. The first-order valence-corrected chi connectivity index (χ1v) is 3.78. The molecule has 0 unspecified atom stereocenters. The molecule has 0 aliphatic rings. The van der Waals surface area contributed by atoms with Crippen LogP contribution in [0.2, 0.25) is 5.02 Å². The monoisotopic (exact) mass is 180 g/mol. The Hall–Kier alpha value is -1.35. The van der Waals surface area contributed by atoms with Gasteiger partial charge in [0.05, 0.1) is 10.5 Å². The highest BCUT2D eigenvalue weighted by atomic mass is 35.5. The van der Waals surface area contributed by atoms with Gasteiger partial charge in [0, 0.05) is 23.8 Å². The largest absolute Gasteiger partial charge is 0.328 e. The van der Waals surface area contributed by atoms with Crippen LogP contribution in [0.1, 0.15) is 0 Å². The van der Waals surface area contributed by atoms with Gasteiger partial charge in [0.25, 0.3) is 0 Å². The Bertz CT molecular complexity index is 478. The van der Waals surface area contributed by atoms with Crippen molar-refractivity contribution >= 4 is 22.5 Å². The second-order valence-corrected chi connectivity index (χ2v) is 2.80. The van der Waals surface area contributed by atoms with Crippen LogP contribution in [0.3, 0.4) is 0 Å². The highest BCUT2D eigenvalue weighted by Crippen LogP contribution is 2.18. The minimum atomic E-state index is -0.169. The zero-order valence-electron chi connectivity index (χ0n) is 6.04. The molecular formula is C8H5ClN2O. The van der Waals surface area contributed by atoms with Crippen LogP contribution in [0.4, 0.5) is 0 Å². The van der Waals surface area contributed by atoms with E-state index in [1.54, 1.807) is 18.5 Å². The molecule has 2 heterocycles. The summed E-state index contributed by atoms with van der Waals surface area (Å²) in [7, 11) is 0. The summed E-state index contributed by atoms with van der Waals surface area (Å²) < 4.78 is 0. The van der Waals surface area contributed by atoms with E-state index in [9.17, 15) is 4.79 Å². The maximum atomic E-state index is 10.9. The molecule has 2 aromatic rings. The molecule has 2 rings (SSSR count). The molecule has 0 saturated heterocycles. The number of fused-ring (bicyclic) bond motifs is 1. The van der Waals surface area contributed by atoms with Crippen molar-refractivity contribution in [2.75, 3.05) is 0 Å². The highest BCUT2D eigenvalue weighted by molar-refractivity contribution is 6.35. The topological polar surface area (TPSA) is 45.8 Å². The summed E-state index contributed by atoms with van der Waals surface area (Å²) in [5.74, 6) is 0. The molecule has 60 valence electrons. The Labute approximate surface area is 73.0 Å². The summed E-state index contributed by atoms with van der Waals surface area (Å²) in [6.45, 7) is 0. The molecule has 1 N–H and O–H groups in total. The Morgan fingerprint density at radius 1 is 1.50 bits per heavy atom. The van der Waals surface area contributed by atoms with E-state index in [0.717, 1.165) is 5.39 Å². The number of aromatic amines is 1. The van der Waals surface area contributed by atoms with Crippen molar-refractivity contribution in [3.8, 4) is 0 Å². The predicted octanol–water partition coefficient (Wildman–Crippen LogP) is 1.58. The van der Waals surface area contributed by atoms with Crippen molar-refractivity contribution in [3.63, 3.8) is 0 Å². The molecule has 12 heavy (non-hydrogen) atoms. The van der Waals surface area contributed by atoms with E-state index in [4.69, 9.17) is 11.6 Å². The number of nitrogens with zero attached hydrogens (tertiary/aromatic N) is 1. The predicted molar refractivity (Wildman–Crippen MR) is 47.4 cm³/mol. The van der Waals surface area contributed by atoms with Gasteiger partial charge < -0.3 is 4.98 Å². The summed E-state index contributed by atoms with van der Waals surface area (Å²) in [5, 5.41) is 1.36. The summed E-state index contributed by atoms with van der Waals surface area (Å²) >= 11 is 5.85. The van der Waals surface area contributed by atoms with Gasteiger partial charge in [-0.3, -0.25) is 9.78 Å². The van der Waals surface area contributed by atoms with E-state index in [1.165, 1.54) is 6.07 Å². The number of hydrogen-bond acceptors (Lipinski definition) is 2. The number of halogens is 1. The molecule has 0 aliphatic carbocycles. The Balaban J connectivity index is 2.96. The number of aromatic nitrogens is 2. The van der Waals surface area contributed by atoms with Gasteiger partial charge >= 0.3 is 0 Å². The second-order valence-electron chi connectivity index (χ2n) is 2.39. The van der Waals surface area contributed by atoms with Crippen molar-refractivity contribution in [2.45, 2.75) is 0 Å². The Kier molecular flexibility index (Phi) is 1.59. The smallest absolute Gasteiger partial charge is 0.250 e. The fraction of sp³-hybridized carbons (Fsp3) is 0. The van der Waals surface area contributed by atoms with Crippen LogP contribution in [0.15, 0.2) is 29.3 Å². The van der Waals surface area contributed by atoms with Gasteiger partial charge in [-0.25, -0.2) is 0 Å². The number of rotatable bonds is 0. The van der Waals surface area contributed by atoms with E-state index in [1.807, 2.05) is 0 Å². The van der Waals surface area contributed by atoms with E-state index < -0.39 is 0 Å².